The van der Waals surface area contributed by atoms with Gasteiger partial charge in [0.05, 0.1) is 0 Å². The van der Waals surface area contributed by atoms with Crippen LogP contribution in [0.5, 0.6) is 0 Å². The molecule has 3 nitrogen and oxygen atoms in total. The SMILES string of the molecule is CCCCCCCC(OCCC)C(=O)O. The highest BCUT2D eigenvalue weighted by molar-refractivity contribution is 5.72. The number of unbranched alkanes of at least 4 members (excludes halogenated alkanes) is 4. The molecule has 0 saturated carbocycles. The van der Waals surface area contributed by atoms with Crippen LogP contribution < -0.4 is 0 Å². The van der Waals surface area contributed by atoms with Crippen LogP contribution in [0, 0.1) is 0 Å². The number of hydrogen-bond acceptors (Lipinski definition) is 2. The van der Waals surface area contributed by atoms with Gasteiger partial charge in [-0.2, -0.15) is 0 Å². The van der Waals surface area contributed by atoms with Gasteiger partial charge in [-0.3, -0.25) is 0 Å². The molecule has 0 aromatic rings. The molecule has 1 unspecified atom stereocenters. The topological polar surface area (TPSA) is 46.5 Å². The first-order chi connectivity index (χ1) is 7.22. The highest BCUT2D eigenvalue weighted by Gasteiger charge is 2.16. The molecule has 0 aliphatic heterocycles. The zero-order chi connectivity index (χ0) is 11.5. The summed E-state index contributed by atoms with van der Waals surface area (Å²) in [6.45, 7) is 4.70. The van der Waals surface area contributed by atoms with Gasteiger partial charge in [-0.05, 0) is 12.8 Å². The van der Waals surface area contributed by atoms with Gasteiger partial charge in [0.15, 0.2) is 6.10 Å². The lowest BCUT2D eigenvalue weighted by Crippen LogP contribution is -2.24. The minimum absolute atomic E-state index is 0.548. The van der Waals surface area contributed by atoms with Crippen molar-refractivity contribution >= 4 is 5.97 Å². The van der Waals surface area contributed by atoms with Crippen molar-refractivity contribution in [3.63, 3.8) is 0 Å². The van der Waals surface area contributed by atoms with E-state index in [0.29, 0.717) is 13.0 Å². The van der Waals surface area contributed by atoms with Crippen LogP contribution in [0.25, 0.3) is 0 Å². The molecule has 90 valence electrons. The number of ether oxygens (including phenoxy) is 1. The molecule has 3 heteroatoms. The molecule has 0 aliphatic rings. The van der Waals surface area contributed by atoms with Crippen molar-refractivity contribution in [2.75, 3.05) is 6.61 Å². The standard InChI is InChI=1S/C12H24O3/c1-3-5-6-7-8-9-11(12(13)14)15-10-4-2/h11H,3-10H2,1-2H3,(H,13,14). The quantitative estimate of drug-likeness (QED) is 0.570. The second-order valence-electron chi connectivity index (χ2n) is 3.90. The lowest BCUT2D eigenvalue weighted by atomic mass is 10.1. The first-order valence-electron chi connectivity index (χ1n) is 6.06. The van der Waals surface area contributed by atoms with E-state index in [9.17, 15) is 4.79 Å². The summed E-state index contributed by atoms with van der Waals surface area (Å²) in [7, 11) is 0. The Bertz CT molecular complexity index is 157. The number of rotatable bonds is 10. The van der Waals surface area contributed by atoms with Crippen molar-refractivity contribution in [2.45, 2.75) is 64.9 Å². The summed E-state index contributed by atoms with van der Waals surface area (Å²) >= 11 is 0. The molecule has 0 heterocycles. The Morgan fingerprint density at radius 1 is 1.13 bits per heavy atom. The van der Waals surface area contributed by atoms with E-state index in [0.717, 1.165) is 19.3 Å². The van der Waals surface area contributed by atoms with E-state index >= 15 is 0 Å². The molecule has 0 aromatic heterocycles. The molecule has 0 amide bonds. The van der Waals surface area contributed by atoms with E-state index in [1.807, 2.05) is 6.92 Å². The lowest BCUT2D eigenvalue weighted by molar-refractivity contribution is -0.150. The summed E-state index contributed by atoms with van der Waals surface area (Å²) in [4.78, 5) is 10.8. The number of carboxylic acid groups (broad SMARTS) is 1. The summed E-state index contributed by atoms with van der Waals surface area (Å²) in [6.07, 6.45) is 6.68. The Kier molecular flexibility index (Phi) is 9.59. The molecule has 0 aromatic carbocycles. The van der Waals surface area contributed by atoms with Crippen LogP contribution in [-0.4, -0.2) is 23.8 Å². The van der Waals surface area contributed by atoms with Gasteiger partial charge in [-0.1, -0.05) is 46.0 Å². The average Bonchev–Trinajstić information content (AvgIpc) is 2.21. The third-order valence-corrected chi connectivity index (χ3v) is 2.37. The molecule has 0 bridgehead atoms. The van der Waals surface area contributed by atoms with Crippen molar-refractivity contribution in [1.82, 2.24) is 0 Å². The van der Waals surface area contributed by atoms with Crippen molar-refractivity contribution in [3.05, 3.63) is 0 Å². The summed E-state index contributed by atoms with van der Waals surface area (Å²) in [5.41, 5.74) is 0. The number of hydrogen-bond donors (Lipinski definition) is 1. The summed E-state index contributed by atoms with van der Waals surface area (Å²) < 4.78 is 5.26. The number of carbonyl (C=O) groups is 1. The van der Waals surface area contributed by atoms with E-state index in [-0.39, 0.29) is 0 Å². The lowest BCUT2D eigenvalue weighted by Gasteiger charge is -2.12. The van der Waals surface area contributed by atoms with Gasteiger partial charge in [-0.25, -0.2) is 4.79 Å². The van der Waals surface area contributed by atoms with Crippen LogP contribution in [0.4, 0.5) is 0 Å². The molecule has 1 atom stereocenters. The average molecular weight is 216 g/mol. The van der Waals surface area contributed by atoms with Gasteiger partial charge in [0, 0.05) is 6.61 Å². The van der Waals surface area contributed by atoms with Gasteiger partial charge in [-0.15, -0.1) is 0 Å². The monoisotopic (exact) mass is 216 g/mol. The zero-order valence-electron chi connectivity index (χ0n) is 10.00. The third kappa shape index (κ3) is 8.43. The van der Waals surface area contributed by atoms with E-state index in [2.05, 4.69) is 6.92 Å². The Hall–Kier alpha value is -0.570. The summed E-state index contributed by atoms with van der Waals surface area (Å²) in [5, 5.41) is 8.88. The fourth-order valence-corrected chi connectivity index (χ4v) is 1.47. The molecular weight excluding hydrogens is 192 g/mol. The highest BCUT2D eigenvalue weighted by atomic mass is 16.5. The second kappa shape index (κ2) is 9.97. The molecule has 1 N–H and O–H groups in total. The molecule has 0 saturated heterocycles. The first-order valence-corrected chi connectivity index (χ1v) is 6.06. The second-order valence-corrected chi connectivity index (χ2v) is 3.90. The van der Waals surface area contributed by atoms with Crippen LogP contribution in [0.3, 0.4) is 0 Å². The maximum absolute atomic E-state index is 10.8. The molecular formula is C12H24O3. The molecule has 0 spiro atoms. The predicted molar refractivity (Wildman–Crippen MR) is 61.0 cm³/mol. The zero-order valence-corrected chi connectivity index (χ0v) is 10.00. The molecule has 0 radical (unpaired) electrons. The normalized spacial score (nSPS) is 12.7. The van der Waals surface area contributed by atoms with Gasteiger partial charge in [0.2, 0.25) is 0 Å². The number of carboxylic acids is 1. The van der Waals surface area contributed by atoms with E-state index in [4.69, 9.17) is 9.84 Å². The van der Waals surface area contributed by atoms with Gasteiger partial charge in [0.25, 0.3) is 0 Å². The summed E-state index contributed by atoms with van der Waals surface area (Å²) in [6, 6.07) is 0. The van der Waals surface area contributed by atoms with Crippen LogP contribution in [0.15, 0.2) is 0 Å². The van der Waals surface area contributed by atoms with Gasteiger partial charge in [0.1, 0.15) is 0 Å². The van der Waals surface area contributed by atoms with E-state index in [1.165, 1.54) is 19.3 Å². The highest BCUT2D eigenvalue weighted by Crippen LogP contribution is 2.10. The molecule has 0 aliphatic carbocycles. The van der Waals surface area contributed by atoms with Crippen LogP contribution in [0.2, 0.25) is 0 Å². The predicted octanol–water partition coefficient (Wildman–Crippen LogP) is 3.23. The fourth-order valence-electron chi connectivity index (χ4n) is 1.47. The van der Waals surface area contributed by atoms with Crippen LogP contribution in [0.1, 0.15) is 58.8 Å². The Labute approximate surface area is 92.8 Å². The maximum atomic E-state index is 10.8. The first kappa shape index (κ1) is 14.4. The van der Waals surface area contributed by atoms with Crippen molar-refractivity contribution in [2.24, 2.45) is 0 Å². The Morgan fingerprint density at radius 2 is 1.80 bits per heavy atom. The minimum atomic E-state index is -0.820. The van der Waals surface area contributed by atoms with Gasteiger partial charge >= 0.3 is 5.97 Å². The van der Waals surface area contributed by atoms with E-state index < -0.39 is 12.1 Å². The maximum Gasteiger partial charge on any atom is 0.332 e. The van der Waals surface area contributed by atoms with Crippen molar-refractivity contribution in [1.29, 1.82) is 0 Å². The summed E-state index contributed by atoms with van der Waals surface area (Å²) in [5.74, 6) is -0.820. The smallest absolute Gasteiger partial charge is 0.332 e. The van der Waals surface area contributed by atoms with Gasteiger partial charge < -0.3 is 9.84 Å². The molecule has 15 heavy (non-hydrogen) atoms. The largest absolute Gasteiger partial charge is 0.479 e. The van der Waals surface area contributed by atoms with Crippen LogP contribution >= 0.6 is 0 Å². The van der Waals surface area contributed by atoms with Crippen molar-refractivity contribution < 1.29 is 14.6 Å². The Balaban J connectivity index is 3.53. The third-order valence-electron chi connectivity index (χ3n) is 2.37. The molecule has 0 rings (SSSR count). The molecule has 0 fully saturated rings. The minimum Gasteiger partial charge on any atom is -0.479 e. The number of aliphatic carboxylic acids is 1. The fraction of sp³-hybridized carbons (Fsp3) is 0.917. The Morgan fingerprint density at radius 3 is 2.33 bits per heavy atom. The van der Waals surface area contributed by atoms with Crippen LogP contribution in [-0.2, 0) is 9.53 Å². The van der Waals surface area contributed by atoms with E-state index in [1.54, 1.807) is 0 Å². The van der Waals surface area contributed by atoms with Crippen molar-refractivity contribution in [3.8, 4) is 0 Å².